The van der Waals surface area contributed by atoms with E-state index in [-0.39, 0.29) is 5.97 Å². The summed E-state index contributed by atoms with van der Waals surface area (Å²) < 4.78 is 5.14. The molecule has 0 aliphatic heterocycles. The average Bonchev–Trinajstić information content (AvgIpc) is 2.48. The summed E-state index contributed by atoms with van der Waals surface area (Å²) in [5.74, 6) is 4.76. The van der Waals surface area contributed by atoms with Crippen molar-refractivity contribution in [1.29, 1.82) is 0 Å². The fourth-order valence-electron chi connectivity index (χ4n) is 0.764. The van der Waals surface area contributed by atoms with Gasteiger partial charge in [0.1, 0.15) is 10.5 Å². The molecule has 1 aromatic rings. The summed E-state index contributed by atoms with van der Waals surface area (Å²) in [5.41, 5.74) is 1.88. The maximum atomic E-state index is 11.5. The molecule has 1 rings (SSSR count). The van der Waals surface area contributed by atoms with E-state index in [9.17, 15) is 4.79 Å². The maximum Gasteiger partial charge on any atom is 0.350 e. The van der Waals surface area contributed by atoms with Gasteiger partial charge in [0.2, 0.25) is 0 Å². The Bertz CT molecular complexity index is 330. The van der Waals surface area contributed by atoms with Gasteiger partial charge in [-0.3, -0.25) is 5.43 Å². The number of nitrogens with zero attached hydrogens (tertiary/aromatic N) is 1. The molecule has 0 amide bonds. The number of hydrogen-bond acceptors (Lipinski definition) is 6. The van der Waals surface area contributed by atoms with Gasteiger partial charge in [-0.1, -0.05) is 11.3 Å². The molecule has 0 fully saturated rings. The number of hydrazine groups is 1. The molecule has 0 spiro atoms. The van der Waals surface area contributed by atoms with Crippen LogP contribution < -0.4 is 11.3 Å². The molecule has 0 aromatic carbocycles. The number of carbonyl (C=O) groups is 1. The molecule has 0 atom stereocenters. The van der Waals surface area contributed by atoms with Crippen LogP contribution >= 0.6 is 11.3 Å². The van der Waals surface area contributed by atoms with Crippen molar-refractivity contribution in [2.75, 3.05) is 5.43 Å². The summed E-state index contributed by atoms with van der Waals surface area (Å²) >= 11 is 1.16. The van der Waals surface area contributed by atoms with Gasteiger partial charge in [0.25, 0.3) is 0 Å². The zero-order valence-corrected chi connectivity index (χ0v) is 9.14. The lowest BCUT2D eigenvalue weighted by Crippen LogP contribution is -2.23. The van der Waals surface area contributed by atoms with Crippen LogP contribution in [0.25, 0.3) is 0 Å². The van der Waals surface area contributed by atoms with Crippen molar-refractivity contribution in [3.63, 3.8) is 0 Å². The molecule has 0 unspecified atom stereocenters. The van der Waals surface area contributed by atoms with E-state index in [1.54, 1.807) is 0 Å². The number of hydrogen-bond donors (Lipinski definition) is 2. The molecular weight excluding hydrogens is 202 g/mol. The minimum absolute atomic E-state index is 0.378. The van der Waals surface area contributed by atoms with Gasteiger partial charge in [-0.15, -0.1) is 0 Å². The lowest BCUT2D eigenvalue weighted by molar-refractivity contribution is 0.00750. The summed E-state index contributed by atoms with van der Waals surface area (Å²) in [6.45, 7) is 5.44. The van der Waals surface area contributed by atoms with Crippen LogP contribution in [0.5, 0.6) is 0 Å². The fraction of sp³-hybridized carbons (Fsp3) is 0.500. The summed E-state index contributed by atoms with van der Waals surface area (Å²) in [6, 6.07) is 0. The van der Waals surface area contributed by atoms with E-state index in [0.29, 0.717) is 10.0 Å². The summed E-state index contributed by atoms with van der Waals surface area (Å²) in [4.78, 5) is 15.8. The molecule has 0 aliphatic rings. The van der Waals surface area contributed by atoms with Crippen LogP contribution in [-0.4, -0.2) is 16.6 Å². The molecule has 78 valence electrons. The van der Waals surface area contributed by atoms with E-state index < -0.39 is 5.60 Å². The lowest BCUT2D eigenvalue weighted by Gasteiger charge is -2.18. The quantitative estimate of drug-likeness (QED) is 0.443. The first-order chi connectivity index (χ1) is 6.42. The molecule has 0 saturated heterocycles. The molecule has 14 heavy (non-hydrogen) atoms. The Morgan fingerprint density at radius 1 is 1.64 bits per heavy atom. The number of thiazole rings is 1. The monoisotopic (exact) mass is 215 g/mol. The lowest BCUT2D eigenvalue weighted by atomic mass is 10.2. The third kappa shape index (κ3) is 2.97. The first-order valence-electron chi connectivity index (χ1n) is 4.08. The second-order valence-corrected chi connectivity index (χ2v) is 4.71. The Morgan fingerprint density at radius 2 is 2.29 bits per heavy atom. The largest absolute Gasteiger partial charge is 0.456 e. The summed E-state index contributed by atoms with van der Waals surface area (Å²) in [7, 11) is 0. The highest BCUT2D eigenvalue weighted by Crippen LogP contribution is 2.20. The molecule has 0 saturated carbocycles. The second kappa shape index (κ2) is 3.93. The Balaban J connectivity index is 2.70. The highest BCUT2D eigenvalue weighted by Gasteiger charge is 2.19. The van der Waals surface area contributed by atoms with E-state index in [4.69, 9.17) is 10.6 Å². The zero-order valence-electron chi connectivity index (χ0n) is 8.33. The number of rotatable bonds is 2. The number of carbonyl (C=O) groups excluding carboxylic acids is 1. The van der Waals surface area contributed by atoms with E-state index in [2.05, 4.69) is 10.4 Å². The van der Waals surface area contributed by atoms with Crippen LogP contribution in [0.4, 0.5) is 5.13 Å². The Hall–Kier alpha value is -1.14. The van der Waals surface area contributed by atoms with E-state index in [1.165, 1.54) is 6.20 Å². The number of aromatic nitrogens is 1. The first kappa shape index (κ1) is 10.9. The molecule has 1 heterocycles. The van der Waals surface area contributed by atoms with Crippen molar-refractivity contribution in [1.82, 2.24) is 4.98 Å². The molecule has 0 aliphatic carbocycles. The van der Waals surface area contributed by atoms with Gasteiger partial charge in [0, 0.05) is 0 Å². The fourth-order valence-corrected chi connectivity index (χ4v) is 1.37. The zero-order chi connectivity index (χ0) is 10.8. The molecule has 0 radical (unpaired) electrons. The van der Waals surface area contributed by atoms with Crippen LogP contribution in [0.1, 0.15) is 30.4 Å². The predicted molar refractivity (Wildman–Crippen MR) is 55.1 cm³/mol. The molecule has 1 aromatic heterocycles. The highest BCUT2D eigenvalue weighted by atomic mass is 32.1. The van der Waals surface area contributed by atoms with Crippen LogP contribution in [0, 0.1) is 0 Å². The van der Waals surface area contributed by atoms with Gasteiger partial charge in [-0.2, -0.15) is 0 Å². The first-order valence-corrected chi connectivity index (χ1v) is 4.90. The minimum atomic E-state index is -0.489. The molecule has 0 bridgehead atoms. The van der Waals surface area contributed by atoms with Crippen LogP contribution in [0.2, 0.25) is 0 Å². The Labute approximate surface area is 86.3 Å². The molecular formula is C8H13N3O2S. The van der Waals surface area contributed by atoms with E-state index in [0.717, 1.165) is 11.3 Å². The number of ether oxygens (including phenoxy) is 1. The third-order valence-electron chi connectivity index (χ3n) is 1.23. The van der Waals surface area contributed by atoms with Crippen molar-refractivity contribution in [2.45, 2.75) is 26.4 Å². The normalized spacial score (nSPS) is 11.1. The van der Waals surface area contributed by atoms with Crippen LogP contribution in [0.3, 0.4) is 0 Å². The van der Waals surface area contributed by atoms with Gasteiger partial charge in [0.15, 0.2) is 5.13 Å². The highest BCUT2D eigenvalue weighted by molar-refractivity contribution is 7.17. The van der Waals surface area contributed by atoms with Crippen LogP contribution in [-0.2, 0) is 4.74 Å². The average molecular weight is 215 g/mol. The number of esters is 1. The van der Waals surface area contributed by atoms with Gasteiger partial charge < -0.3 is 4.74 Å². The second-order valence-electron chi connectivity index (χ2n) is 3.68. The SMILES string of the molecule is CC(C)(C)OC(=O)c1cnc(NN)s1. The van der Waals surface area contributed by atoms with Crippen molar-refractivity contribution >= 4 is 22.4 Å². The topological polar surface area (TPSA) is 77.2 Å². The van der Waals surface area contributed by atoms with E-state index >= 15 is 0 Å². The van der Waals surface area contributed by atoms with Gasteiger partial charge in [-0.25, -0.2) is 15.6 Å². The van der Waals surface area contributed by atoms with Gasteiger partial charge in [0.05, 0.1) is 6.20 Å². The summed E-state index contributed by atoms with van der Waals surface area (Å²) in [5, 5.41) is 0.492. The molecule has 6 heteroatoms. The van der Waals surface area contributed by atoms with Crippen molar-refractivity contribution < 1.29 is 9.53 Å². The van der Waals surface area contributed by atoms with Crippen LogP contribution in [0.15, 0.2) is 6.20 Å². The van der Waals surface area contributed by atoms with Crippen molar-refractivity contribution in [3.8, 4) is 0 Å². The van der Waals surface area contributed by atoms with Crippen molar-refractivity contribution in [3.05, 3.63) is 11.1 Å². The standard InChI is InChI=1S/C8H13N3O2S/c1-8(2,3)13-6(12)5-4-10-7(11-9)14-5/h4H,9H2,1-3H3,(H,10,11). The van der Waals surface area contributed by atoms with E-state index in [1.807, 2.05) is 20.8 Å². The number of nitrogen functional groups attached to an aromatic ring is 1. The maximum absolute atomic E-state index is 11.5. The number of nitrogens with one attached hydrogen (secondary N) is 1. The minimum Gasteiger partial charge on any atom is -0.456 e. The number of nitrogens with two attached hydrogens (primary N) is 1. The van der Waals surface area contributed by atoms with Crippen molar-refractivity contribution in [2.24, 2.45) is 5.84 Å². The molecule has 5 nitrogen and oxygen atoms in total. The molecule has 3 N–H and O–H groups in total. The Kier molecular flexibility index (Phi) is 3.07. The van der Waals surface area contributed by atoms with Gasteiger partial charge in [-0.05, 0) is 20.8 Å². The summed E-state index contributed by atoms with van der Waals surface area (Å²) in [6.07, 6.45) is 1.44. The predicted octanol–water partition coefficient (Wildman–Crippen LogP) is 1.38. The smallest absolute Gasteiger partial charge is 0.350 e. The third-order valence-corrected chi connectivity index (χ3v) is 2.14. The Morgan fingerprint density at radius 3 is 2.71 bits per heavy atom. The van der Waals surface area contributed by atoms with Gasteiger partial charge >= 0.3 is 5.97 Å². The number of anilines is 1.